The first kappa shape index (κ1) is 34.0. The maximum atomic E-state index is 12.4. The molecule has 1 rings (SSSR count). The minimum Gasteiger partial charge on any atom is -0.355 e. The fourth-order valence-electron chi connectivity index (χ4n) is 2.65. The first-order chi connectivity index (χ1) is 18.2. The molecule has 0 aromatic rings. The predicted octanol–water partition coefficient (Wildman–Crippen LogP) is -1.86. The highest BCUT2D eigenvalue weighted by Crippen LogP contribution is 2.20. The molecule has 1 aliphatic rings. The molecule has 16 nitrogen and oxygen atoms in total. The maximum absolute atomic E-state index is 12.4. The summed E-state index contributed by atoms with van der Waals surface area (Å²) in [6, 6.07) is 0. The van der Waals surface area contributed by atoms with E-state index in [1.54, 1.807) is 0 Å². The number of nitrogens with zero attached hydrogens (tertiary/aromatic N) is 2. The van der Waals surface area contributed by atoms with E-state index >= 15 is 0 Å². The van der Waals surface area contributed by atoms with Gasteiger partial charge in [0.15, 0.2) is 5.25 Å². The molecule has 7 amide bonds. The normalized spacial score (nSPS) is 15.9. The molecule has 226 valence electrons. The Morgan fingerprint density at radius 3 is 1.93 bits per heavy atom. The van der Waals surface area contributed by atoms with Crippen LogP contribution in [0, 0.1) is 0 Å². The Bertz CT molecular complexity index is 1160. The fraction of sp³-hybridized carbons (Fsp3) is 0.588. The molecule has 0 saturated carbocycles. The second-order valence-electron chi connectivity index (χ2n) is 7.55. The van der Waals surface area contributed by atoms with Crippen LogP contribution in [0.2, 0.25) is 0 Å². The van der Waals surface area contributed by atoms with Crippen molar-refractivity contribution < 1.29 is 77.7 Å². The van der Waals surface area contributed by atoms with E-state index in [0.717, 1.165) is 5.32 Å². The molecule has 23 heteroatoms. The third kappa shape index (κ3) is 10.3. The van der Waals surface area contributed by atoms with Gasteiger partial charge in [0.05, 0.1) is 19.5 Å². The SMILES string of the molecule is O=C(C[15NH]C(=O)C(F)(F)F)[15NH]CCCC[15N](C(=O)C[15NH]C(=O)C(F)(F)F)C(=O)ON1C(=O)CC(S(=O)(=O)O)C1=O. The van der Waals surface area contributed by atoms with Crippen molar-refractivity contribution >= 4 is 51.7 Å². The van der Waals surface area contributed by atoms with Gasteiger partial charge in [0.1, 0.15) is 0 Å². The van der Waals surface area contributed by atoms with E-state index in [-0.39, 0.29) is 24.3 Å². The predicted molar refractivity (Wildman–Crippen MR) is 110 cm³/mol. The van der Waals surface area contributed by atoms with Crippen molar-refractivity contribution in [3.05, 3.63) is 0 Å². The minimum atomic E-state index is -5.41. The monoisotopic (exact) mass is 619 g/mol. The highest BCUT2D eigenvalue weighted by atomic mass is 32.2. The standard InChI is InChI=1S/C17H19F6N5O11S/c18-16(19,20)13(33)25-6-9(29)24-3-1-2-4-27(11(31)7-26-14(34)17(21,22)23)15(35)39-28-10(30)5-8(12(28)32)40(36,37)38/h8H,1-7H2,(H,24,29)(H,25,33)(H,26,34)(H,36,37,38)/i24+1,25+1,26+1,27+1. The summed E-state index contributed by atoms with van der Waals surface area (Å²) in [5.74, 6) is -10.8. The molecule has 4 N–H and O–H groups in total. The number of hydrogen-bond donors (Lipinski definition) is 4. The number of rotatable bonds is 11. The summed E-state index contributed by atoms with van der Waals surface area (Å²) in [6.07, 6.45) is -14.1. The van der Waals surface area contributed by atoms with Crippen molar-refractivity contribution in [1.29, 1.82) is 0 Å². The van der Waals surface area contributed by atoms with Crippen LogP contribution >= 0.6 is 0 Å². The second kappa shape index (κ2) is 13.4. The number of carbonyl (C=O) groups excluding carboxylic acids is 7. The lowest BCUT2D eigenvalue weighted by molar-refractivity contribution is -0.175. The third-order valence-electron chi connectivity index (χ3n) is 4.57. The van der Waals surface area contributed by atoms with E-state index in [1.807, 2.05) is 0 Å². The van der Waals surface area contributed by atoms with Crippen molar-refractivity contribution in [2.45, 2.75) is 36.9 Å². The molecule has 1 fully saturated rings. The molecule has 40 heavy (non-hydrogen) atoms. The van der Waals surface area contributed by atoms with Gasteiger partial charge in [-0.2, -0.15) is 34.8 Å². The van der Waals surface area contributed by atoms with Crippen molar-refractivity contribution in [3.63, 3.8) is 0 Å². The lowest BCUT2D eigenvalue weighted by Gasteiger charge is -2.22. The van der Waals surface area contributed by atoms with Gasteiger partial charge in [-0.25, -0.2) is 9.69 Å². The van der Waals surface area contributed by atoms with Crippen LogP contribution in [0.25, 0.3) is 0 Å². The van der Waals surface area contributed by atoms with Crippen LogP contribution in [0.3, 0.4) is 0 Å². The summed E-state index contributed by atoms with van der Waals surface area (Å²) >= 11 is 0. The summed E-state index contributed by atoms with van der Waals surface area (Å²) in [7, 11) is -5.12. The average molecular weight is 619 g/mol. The Hall–Kier alpha value is -4.02. The Kier molecular flexibility index (Phi) is 11.4. The molecule has 0 spiro atoms. The molecule has 0 aliphatic carbocycles. The minimum absolute atomic E-state index is 0.0172. The first-order valence-electron chi connectivity index (χ1n) is 10.5. The summed E-state index contributed by atoms with van der Waals surface area (Å²) < 4.78 is 105. The van der Waals surface area contributed by atoms with Gasteiger partial charge >= 0.3 is 30.3 Å². The zero-order valence-corrected chi connectivity index (χ0v) is 20.4. The molecule has 1 atom stereocenters. The van der Waals surface area contributed by atoms with Crippen molar-refractivity contribution in [1.82, 2.24) is 25.9 Å². The summed E-state index contributed by atoms with van der Waals surface area (Å²) in [6.45, 7) is -3.57. The average Bonchev–Trinajstić information content (AvgIpc) is 3.10. The number of amides is 7. The zero-order chi connectivity index (χ0) is 31.1. The van der Waals surface area contributed by atoms with E-state index in [9.17, 15) is 68.3 Å². The number of carbonyl (C=O) groups is 7. The number of nitrogens with one attached hydrogen (secondary N) is 3. The van der Waals surface area contributed by atoms with Gasteiger partial charge in [-0.3, -0.25) is 33.3 Å². The van der Waals surface area contributed by atoms with Crippen LogP contribution in [-0.4, -0.2) is 108 Å². The summed E-state index contributed by atoms with van der Waals surface area (Å²) in [5.41, 5.74) is 0. The fourth-order valence-corrected chi connectivity index (χ4v) is 3.36. The number of halogens is 6. The lowest BCUT2D eigenvalue weighted by atomic mass is 10.3. The van der Waals surface area contributed by atoms with Crippen LogP contribution in [-0.2, 0) is 43.7 Å². The van der Waals surface area contributed by atoms with Gasteiger partial charge in [0, 0.05) is 13.1 Å². The Labute approximate surface area is 219 Å². The molecular formula is C17H19F6N5O11S. The largest absolute Gasteiger partial charge is 0.471 e. The summed E-state index contributed by atoms with van der Waals surface area (Å²) in [4.78, 5) is 86.0. The van der Waals surface area contributed by atoms with Crippen molar-refractivity contribution in [2.75, 3.05) is 26.2 Å². The smallest absolute Gasteiger partial charge is 0.355 e. The van der Waals surface area contributed by atoms with Gasteiger partial charge in [-0.05, 0) is 12.8 Å². The van der Waals surface area contributed by atoms with Gasteiger partial charge in [-0.1, -0.05) is 5.06 Å². The topological polar surface area (TPSA) is 226 Å². The number of hydrogen-bond acceptors (Lipinski definition) is 10. The molecule has 1 unspecified atom stereocenters. The quantitative estimate of drug-likeness (QED) is 0.0659. The molecule has 0 bridgehead atoms. The van der Waals surface area contributed by atoms with Gasteiger partial charge in [0.25, 0.3) is 27.8 Å². The number of hydroxylamine groups is 2. The Morgan fingerprint density at radius 1 is 0.925 bits per heavy atom. The van der Waals surface area contributed by atoms with Crippen LogP contribution in [0.1, 0.15) is 19.3 Å². The van der Waals surface area contributed by atoms with E-state index in [1.165, 1.54) is 5.32 Å². The molecule has 0 aromatic heterocycles. The molecule has 0 radical (unpaired) electrons. The number of alkyl halides is 6. The van der Waals surface area contributed by atoms with Gasteiger partial charge in [0.2, 0.25) is 5.91 Å². The maximum Gasteiger partial charge on any atom is 0.471 e. The van der Waals surface area contributed by atoms with E-state index < -0.39 is 100 Å². The zero-order valence-electron chi connectivity index (χ0n) is 19.6. The highest BCUT2D eigenvalue weighted by molar-refractivity contribution is 7.87. The van der Waals surface area contributed by atoms with Crippen molar-refractivity contribution in [2.24, 2.45) is 0 Å². The Balaban J connectivity index is 2.79. The number of unbranched alkanes of at least 4 members (excludes halogenated alkanes) is 1. The van der Waals surface area contributed by atoms with E-state index in [4.69, 9.17) is 4.55 Å². The highest BCUT2D eigenvalue weighted by Gasteiger charge is 2.49. The van der Waals surface area contributed by atoms with Crippen LogP contribution in [0.5, 0.6) is 0 Å². The molecule has 1 heterocycles. The van der Waals surface area contributed by atoms with Gasteiger partial charge < -0.3 is 20.8 Å². The molecule has 0 aromatic carbocycles. The van der Waals surface area contributed by atoms with Crippen LogP contribution in [0.4, 0.5) is 31.1 Å². The Morgan fingerprint density at radius 2 is 1.45 bits per heavy atom. The van der Waals surface area contributed by atoms with Gasteiger partial charge in [-0.15, -0.1) is 0 Å². The second-order valence-corrected chi connectivity index (χ2v) is 9.15. The first-order valence-corrected chi connectivity index (χ1v) is 12.0. The summed E-state index contributed by atoms with van der Waals surface area (Å²) in [5, 5.41) is 1.76. The molecule has 1 aliphatic heterocycles. The van der Waals surface area contributed by atoms with E-state index in [2.05, 4.69) is 10.2 Å². The van der Waals surface area contributed by atoms with Crippen LogP contribution in [0.15, 0.2) is 0 Å². The molecule has 1 saturated heterocycles. The molecular weight excluding hydrogens is 600 g/mol. The van der Waals surface area contributed by atoms with Crippen molar-refractivity contribution in [3.8, 4) is 0 Å². The third-order valence-corrected chi connectivity index (χ3v) is 5.66. The lowest BCUT2D eigenvalue weighted by Crippen LogP contribution is -2.49. The number of imide groups is 2. The van der Waals surface area contributed by atoms with E-state index in [0.29, 0.717) is 0 Å². The van der Waals surface area contributed by atoms with Crippen LogP contribution < -0.4 is 16.0 Å².